The minimum Gasteiger partial charge on any atom is -0.329 e. The average Bonchev–Trinajstić information content (AvgIpc) is 3.00. The van der Waals surface area contributed by atoms with Gasteiger partial charge in [0.2, 0.25) is 5.91 Å². The zero-order chi connectivity index (χ0) is 15.2. The van der Waals surface area contributed by atoms with Crippen molar-refractivity contribution in [3.8, 4) is 0 Å². The van der Waals surface area contributed by atoms with Crippen LogP contribution in [0.2, 0.25) is 0 Å². The van der Waals surface area contributed by atoms with E-state index in [9.17, 15) is 4.79 Å². The summed E-state index contributed by atoms with van der Waals surface area (Å²) in [6, 6.07) is 1.90. The number of rotatable bonds is 7. The fourth-order valence-electron chi connectivity index (χ4n) is 1.92. The Morgan fingerprint density at radius 2 is 2.29 bits per heavy atom. The summed E-state index contributed by atoms with van der Waals surface area (Å²) in [4.78, 5) is 16.2. The number of amides is 1. The van der Waals surface area contributed by atoms with E-state index in [1.54, 1.807) is 6.20 Å². The van der Waals surface area contributed by atoms with Gasteiger partial charge in [-0.2, -0.15) is 5.10 Å². The smallest absolute Gasteiger partial charge is 0.235 e. The Kier molecular flexibility index (Phi) is 5.44. The van der Waals surface area contributed by atoms with Crippen LogP contribution in [0.3, 0.4) is 0 Å². The maximum Gasteiger partial charge on any atom is 0.235 e. The molecule has 0 aliphatic carbocycles. The first-order valence-corrected chi connectivity index (χ1v) is 8.03. The lowest BCUT2D eigenvalue weighted by Crippen LogP contribution is -2.17. The normalized spacial score (nSPS) is 10.8. The van der Waals surface area contributed by atoms with Crippen LogP contribution in [0.25, 0.3) is 0 Å². The molecule has 21 heavy (non-hydrogen) atoms. The molecule has 6 nitrogen and oxygen atoms in total. The maximum atomic E-state index is 12.0. The van der Waals surface area contributed by atoms with Gasteiger partial charge in [-0.25, -0.2) is 9.67 Å². The van der Waals surface area contributed by atoms with Crippen LogP contribution < -0.4 is 5.32 Å². The van der Waals surface area contributed by atoms with Gasteiger partial charge < -0.3 is 9.88 Å². The number of nitrogens with one attached hydrogen (secondary N) is 1. The number of hydrogen-bond donors (Lipinski definition) is 1. The molecule has 0 fully saturated rings. The SMILES string of the molecule is CCCCn1nc(C)cc1NC(=O)CSc1nccn1C. The molecule has 0 bridgehead atoms. The van der Waals surface area contributed by atoms with E-state index < -0.39 is 0 Å². The first-order valence-electron chi connectivity index (χ1n) is 7.04. The van der Waals surface area contributed by atoms with Gasteiger partial charge in [-0.1, -0.05) is 25.1 Å². The Morgan fingerprint density at radius 3 is 2.95 bits per heavy atom. The van der Waals surface area contributed by atoms with Gasteiger partial charge >= 0.3 is 0 Å². The average molecular weight is 307 g/mol. The van der Waals surface area contributed by atoms with E-state index in [1.807, 2.05) is 35.5 Å². The Labute approximate surface area is 128 Å². The Hall–Kier alpha value is -1.76. The number of carbonyl (C=O) groups is 1. The second kappa shape index (κ2) is 7.31. The van der Waals surface area contributed by atoms with Crippen LogP contribution in [0.15, 0.2) is 23.6 Å². The summed E-state index contributed by atoms with van der Waals surface area (Å²) in [6.45, 7) is 4.89. The van der Waals surface area contributed by atoms with Gasteiger partial charge in [-0.3, -0.25) is 4.79 Å². The van der Waals surface area contributed by atoms with Crippen molar-refractivity contribution < 1.29 is 4.79 Å². The molecule has 7 heteroatoms. The highest BCUT2D eigenvalue weighted by Crippen LogP contribution is 2.16. The van der Waals surface area contributed by atoms with Gasteiger partial charge in [0.1, 0.15) is 5.82 Å². The molecule has 1 N–H and O–H groups in total. The third-order valence-corrected chi connectivity index (χ3v) is 4.06. The number of thioether (sulfide) groups is 1. The standard InChI is InChI=1S/C14H21N5OS/c1-4-5-7-19-12(9-11(2)17-19)16-13(20)10-21-14-15-6-8-18(14)3/h6,8-9H,4-5,7,10H2,1-3H3,(H,16,20). The first-order chi connectivity index (χ1) is 10.1. The van der Waals surface area contributed by atoms with Crippen molar-refractivity contribution in [3.05, 3.63) is 24.2 Å². The number of hydrogen-bond acceptors (Lipinski definition) is 4. The molecule has 0 saturated carbocycles. The summed E-state index contributed by atoms with van der Waals surface area (Å²) < 4.78 is 3.76. The molecule has 0 unspecified atom stereocenters. The number of nitrogens with zero attached hydrogens (tertiary/aromatic N) is 4. The number of anilines is 1. The molecule has 2 rings (SSSR count). The molecule has 0 atom stereocenters. The van der Waals surface area contributed by atoms with E-state index in [-0.39, 0.29) is 5.91 Å². The lowest BCUT2D eigenvalue weighted by molar-refractivity contribution is -0.113. The summed E-state index contributed by atoms with van der Waals surface area (Å²) in [6.07, 6.45) is 5.74. The summed E-state index contributed by atoms with van der Waals surface area (Å²) >= 11 is 1.42. The Morgan fingerprint density at radius 1 is 1.48 bits per heavy atom. The molecule has 0 aromatic carbocycles. The molecule has 2 heterocycles. The van der Waals surface area contributed by atoms with E-state index in [2.05, 4.69) is 22.3 Å². The summed E-state index contributed by atoms with van der Waals surface area (Å²) in [7, 11) is 1.91. The molecule has 0 radical (unpaired) electrons. The van der Waals surface area contributed by atoms with Gasteiger partial charge in [0.15, 0.2) is 5.16 Å². The van der Waals surface area contributed by atoms with Crippen LogP contribution in [0, 0.1) is 6.92 Å². The van der Waals surface area contributed by atoms with E-state index >= 15 is 0 Å². The van der Waals surface area contributed by atoms with Crippen molar-refractivity contribution in [1.82, 2.24) is 19.3 Å². The van der Waals surface area contributed by atoms with Crippen LogP contribution in [-0.2, 0) is 18.4 Å². The molecule has 114 valence electrons. The van der Waals surface area contributed by atoms with E-state index in [1.165, 1.54) is 11.8 Å². The Balaban J connectivity index is 1.91. The molecular formula is C14H21N5OS. The number of aromatic nitrogens is 4. The van der Waals surface area contributed by atoms with Crippen molar-refractivity contribution in [2.24, 2.45) is 7.05 Å². The van der Waals surface area contributed by atoms with E-state index in [0.29, 0.717) is 5.75 Å². The van der Waals surface area contributed by atoms with E-state index in [0.717, 1.165) is 36.1 Å². The summed E-state index contributed by atoms with van der Waals surface area (Å²) in [5.41, 5.74) is 0.915. The highest BCUT2D eigenvalue weighted by Gasteiger charge is 2.10. The number of imidazole rings is 1. The monoisotopic (exact) mass is 307 g/mol. The molecule has 2 aromatic rings. The first kappa shape index (κ1) is 15.6. The van der Waals surface area contributed by atoms with Crippen molar-refractivity contribution in [3.63, 3.8) is 0 Å². The van der Waals surface area contributed by atoms with Gasteiger partial charge in [-0.15, -0.1) is 0 Å². The zero-order valence-electron chi connectivity index (χ0n) is 12.7. The van der Waals surface area contributed by atoms with Crippen LogP contribution in [-0.4, -0.2) is 31.0 Å². The summed E-state index contributed by atoms with van der Waals surface area (Å²) in [5, 5.41) is 8.16. The predicted molar refractivity (Wildman–Crippen MR) is 84.4 cm³/mol. The molecule has 0 aliphatic heterocycles. The molecule has 0 spiro atoms. The third kappa shape index (κ3) is 4.35. The highest BCUT2D eigenvalue weighted by molar-refractivity contribution is 7.99. The van der Waals surface area contributed by atoms with Crippen molar-refractivity contribution in [1.29, 1.82) is 0 Å². The van der Waals surface area contributed by atoms with Crippen molar-refractivity contribution in [2.75, 3.05) is 11.1 Å². The zero-order valence-corrected chi connectivity index (χ0v) is 13.5. The summed E-state index contributed by atoms with van der Waals surface area (Å²) in [5.74, 6) is 1.06. The fourth-order valence-corrected chi connectivity index (χ4v) is 2.66. The van der Waals surface area contributed by atoms with Crippen molar-refractivity contribution in [2.45, 2.75) is 38.4 Å². The largest absolute Gasteiger partial charge is 0.329 e. The molecule has 0 aliphatic rings. The third-order valence-electron chi connectivity index (χ3n) is 3.00. The number of carbonyl (C=O) groups excluding carboxylic acids is 1. The minimum atomic E-state index is -0.0411. The highest BCUT2D eigenvalue weighted by atomic mass is 32.2. The molecule has 0 saturated heterocycles. The van der Waals surface area contributed by atoms with Gasteiger partial charge in [0.05, 0.1) is 11.4 Å². The van der Waals surface area contributed by atoms with Crippen LogP contribution in [0.5, 0.6) is 0 Å². The quantitative estimate of drug-likeness (QED) is 0.798. The van der Waals surface area contributed by atoms with Crippen LogP contribution in [0.4, 0.5) is 5.82 Å². The lowest BCUT2D eigenvalue weighted by Gasteiger charge is -2.08. The second-order valence-electron chi connectivity index (χ2n) is 4.91. The second-order valence-corrected chi connectivity index (χ2v) is 5.85. The topological polar surface area (TPSA) is 64.7 Å². The van der Waals surface area contributed by atoms with Crippen LogP contribution in [0.1, 0.15) is 25.5 Å². The van der Waals surface area contributed by atoms with E-state index in [4.69, 9.17) is 0 Å². The predicted octanol–water partition coefficient (Wildman–Crippen LogP) is 2.46. The maximum absolute atomic E-state index is 12.0. The molecule has 2 aromatic heterocycles. The molecule has 1 amide bonds. The van der Waals surface area contributed by atoms with Crippen LogP contribution >= 0.6 is 11.8 Å². The fraction of sp³-hybridized carbons (Fsp3) is 0.500. The molecular weight excluding hydrogens is 286 g/mol. The minimum absolute atomic E-state index is 0.0411. The number of aryl methyl sites for hydroxylation is 3. The van der Waals surface area contributed by atoms with Gasteiger partial charge in [-0.05, 0) is 13.3 Å². The van der Waals surface area contributed by atoms with Gasteiger partial charge in [0.25, 0.3) is 0 Å². The lowest BCUT2D eigenvalue weighted by atomic mass is 10.3. The number of unbranched alkanes of at least 4 members (excludes halogenated alkanes) is 1. The van der Waals surface area contributed by atoms with Crippen molar-refractivity contribution >= 4 is 23.5 Å². The van der Waals surface area contributed by atoms with Gasteiger partial charge in [0, 0.05) is 32.1 Å². The Bertz CT molecular complexity index is 604.